The maximum atomic E-state index is 12.9. The highest BCUT2D eigenvalue weighted by molar-refractivity contribution is 7.89. The van der Waals surface area contributed by atoms with Crippen molar-refractivity contribution in [3.8, 4) is 11.5 Å². The third-order valence-corrected chi connectivity index (χ3v) is 7.38. The van der Waals surface area contributed by atoms with Crippen LogP contribution in [0.1, 0.15) is 41.6 Å². The molecule has 0 saturated carbocycles. The van der Waals surface area contributed by atoms with Gasteiger partial charge in [0.1, 0.15) is 0 Å². The lowest BCUT2D eigenvalue weighted by Crippen LogP contribution is -2.31. The van der Waals surface area contributed by atoms with Crippen LogP contribution in [0.3, 0.4) is 0 Å². The summed E-state index contributed by atoms with van der Waals surface area (Å²) in [6.45, 7) is 1.62. The molecule has 7 nitrogen and oxygen atoms in total. The highest BCUT2D eigenvalue weighted by atomic mass is 32.2. The minimum absolute atomic E-state index is 0.207. The molecule has 31 heavy (non-hydrogen) atoms. The van der Waals surface area contributed by atoms with Crippen LogP contribution in [-0.4, -0.2) is 52.5 Å². The summed E-state index contributed by atoms with van der Waals surface area (Å²) in [4.78, 5) is 12.7. The van der Waals surface area contributed by atoms with Crippen LogP contribution in [-0.2, 0) is 16.4 Å². The second-order valence-corrected chi connectivity index (χ2v) is 9.48. The Bertz CT molecular complexity index is 982. The van der Waals surface area contributed by atoms with Gasteiger partial charge < -0.3 is 14.8 Å². The molecule has 1 amide bonds. The van der Waals surface area contributed by atoms with Gasteiger partial charge in [-0.3, -0.25) is 4.79 Å². The van der Waals surface area contributed by atoms with Gasteiger partial charge >= 0.3 is 0 Å². The van der Waals surface area contributed by atoms with Gasteiger partial charge in [0.05, 0.1) is 19.1 Å². The first-order valence-electron chi connectivity index (χ1n) is 10.5. The van der Waals surface area contributed by atoms with Gasteiger partial charge in [-0.1, -0.05) is 25.0 Å². The molecule has 168 valence electrons. The minimum atomic E-state index is -3.44. The number of sulfonamides is 1. The molecule has 1 N–H and O–H groups in total. The quantitative estimate of drug-likeness (QED) is 0.673. The van der Waals surface area contributed by atoms with Gasteiger partial charge in [0, 0.05) is 25.2 Å². The van der Waals surface area contributed by atoms with Crippen LogP contribution in [0, 0.1) is 0 Å². The number of methoxy groups -OCH3 is 2. The first kappa shape index (κ1) is 23.1. The average Bonchev–Trinajstić information content (AvgIpc) is 3.09. The number of ether oxygens (including phenoxy) is 2. The number of rotatable bonds is 8. The van der Waals surface area contributed by atoms with E-state index in [0.29, 0.717) is 48.0 Å². The average molecular weight is 447 g/mol. The Morgan fingerprint density at radius 2 is 1.58 bits per heavy atom. The third-order valence-electron chi connectivity index (χ3n) is 5.47. The monoisotopic (exact) mass is 446 g/mol. The maximum Gasteiger partial charge on any atom is 0.251 e. The molecule has 1 aliphatic heterocycles. The van der Waals surface area contributed by atoms with Crippen molar-refractivity contribution in [3.05, 3.63) is 53.6 Å². The van der Waals surface area contributed by atoms with Crippen molar-refractivity contribution in [2.75, 3.05) is 33.9 Å². The van der Waals surface area contributed by atoms with Crippen LogP contribution in [0.2, 0.25) is 0 Å². The van der Waals surface area contributed by atoms with Gasteiger partial charge in [-0.05, 0) is 55.2 Å². The second kappa shape index (κ2) is 10.6. The number of nitrogens with one attached hydrogen (secondary N) is 1. The first-order valence-corrected chi connectivity index (χ1v) is 12.0. The fraction of sp³-hybridized carbons (Fsp3) is 0.435. The molecule has 0 aliphatic carbocycles. The highest BCUT2D eigenvalue weighted by Crippen LogP contribution is 2.27. The zero-order chi connectivity index (χ0) is 22.3. The molecule has 0 spiro atoms. The fourth-order valence-corrected chi connectivity index (χ4v) is 5.18. The summed E-state index contributed by atoms with van der Waals surface area (Å²) >= 11 is 0. The molecule has 2 aromatic rings. The van der Waals surface area contributed by atoms with E-state index in [1.165, 1.54) is 7.11 Å². The predicted octanol–water partition coefficient (Wildman–Crippen LogP) is 3.24. The predicted molar refractivity (Wildman–Crippen MR) is 119 cm³/mol. The molecule has 0 unspecified atom stereocenters. The fourth-order valence-electron chi connectivity index (χ4n) is 3.66. The molecular weight excluding hydrogens is 416 g/mol. The molecule has 0 bridgehead atoms. The second-order valence-electron chi connectivity index (χ2n) is 7.54. The molecule has 8 heteroatoms. The molecule has 1 heterocycles. The van der Waals surface area contributed by atoms with Crippen molar-refractivity contribution >= 4 is 15.9 Å². The lowest BCUT2D eigenvalue weighted by Gasteiger charge is -2.20. The molecule has 0 radical (unpaired) electrons. The number of carbonyl (C=O) groups excluding carboxylic acids is 1. The molecule has 0 atom stereocenters. The summed E-state index contributed by atoms with van der Waals surface area (Å²) < 4.78 is 37.7. The smallest absolute Gasteiger partial charge is 0.251 e. The number of amides is 1. The van der Waals surface area contributed by atoms with Crippen LogP contribution >= 0.6 is 0 Å². The van der Waals surface area contributed by atoms with E-state index in [2.05, 4.69) is 5.32 Å². The summed E-state index contributed by atoms with van der Waals surface area (Å²) in [5.41, 5.74) is 1.44. The zero-order valence-electron chi connectivity index (χ0n) is 18.1. The summed E-state index contributed by atoms with van der Waals surface area (Å²) in [6.07, 6.45) is 4.59. The van der Waals surface area contributed by atoms with Crippen molar-refractivity contribution in [3.63, 3.8) is 0 Å². The SMILES string of the molecule is COc1ccc(C(=O)NCCc2ccc(S(=O)(=O)N3CCCCCC3)cc2)cc1OC. The third kappa shape index (κ3) is 5.77. The Morgan fingerprint density at radius 3 is 2.19 bits per heavy atom. The number of hydrogen-bond acceptors (Lipinski definition) is 5. The van der Waals surface area contributed by atoms with Crippen molar-refractivity contribution in [2.24, 2.45) is 0 Å². The van der Waals surface area contributed by atoms with Crippen LogP contribution in [0.15, 0.2) is 47.4 Å². The molecule has 1 fully saturated rings. The van der Waals surface area contributed by atoms with Gasteiger partial charge in [-0.25, -0.2) is 8.42 Å². The van der Waals surface area contributed by atoms with E-state index >= 15 is 0 Å². The van der Waals surface area contributed by atoms with E-state index in [4.69, 9.17) is 9.47 Å². The molecule has 1 aliphatic rings. The van der Waals surface area contributed by atoms with E-state index in [1.807, 2.05) is 12.1 Å². The largest absolute Gasteiger partial charge is 0.493 e. The minimum Gasteiger partial charge on any atom is -0.493 e. The standard InChI is InChI=1S/C23H30N2O5S/c1-29-21-12-9-19(17-22(21)30-2)23(26)24-14-13-18-7-10-20(11-8-18)31(27,28)25-15-5-3-4-6-16-25/h7-12,17H,3-6,13-16H2,1-2H3,(H,24,26). The van der Waals surface area contributed by atoms with Gasteiger partial charge in [-0.2, -0.15) is 4.31 Å². The Hall–Kier alpha value is -2.58. The Labute approximate surface area is 184 Å². The molecule has 2 aromatic carbocycles. The van der Waals surface area contributed by atoms with Crippen molar-refractivity contribution in [2.45, 2.75) is 37.0 Å². The lowest BCUT2D eigenvalue weighted by molar-refractivity contribution is 0.0953. The molecule has 0 aromatic heterocycles. The Morgan fingerprint density at radius 1 is 0.935 bits per heavy atom. The van der Waals surface area contributed by atoms with E-state index in [-0.39, 0.29) is 5.91 Å². The summed E-state index contributed by atoms with van der Waals surface area (Å²) in [6, 6.07) is 11.9. The van der Waals surface area contributed by atoms with Crippen LogP contribution in [0.25, 0.3) is 0 Å². The van der Waals surface area contributed by atoms with Gasteiger partial charge in [0.25, 0.3) is 5.91 Å². The Balaban J connectivity index is 1.56. The van der Waals surface area contributed by atoms with Crippen LogP contribution in [0.4, 0.5) is 0 Å². The Kier molecular flexibility index (Phi) is 7.92. The van der Waals surface area contributed by atoms with Gasteiger partial charge in [-0.15, -0.1) is 0 Å². The number of benzene rings is 2. The lowest BCUT2D eigenvalue weighted by atomic mass is 10.1. The van der Waals surface area contributed by atoms with E-state index in [0.717, 1.165) is 31.2 Å². The molecule has 1 saturated heterocycles. The van der Waals surface area contributed by atoms with Crippen molar-refractivity contribution < 1.29 is 22.7 Å². The summed E-state index contributed by atoms with van der Waals surface area (Å²) in [5, 5.41) is 2.88. The summed E-state index contributed by atoms with van der Waals surface area (Å²) in [7, 11) is -0.375. The van der Waals surface area contributed by atoms with Crippen LogP contribution < -0.4 is 14.8 Å². The molecular formula is C23H30N2O5S. The summed E-state index contributed by atoms with van der Waals surface area (Å²) in [5.74, 6) is 0.854. The van der Waals surface area contributed by atoms with Gasteiger partial charge in [0.2, 0.25) is 10.0 Å². The highest BCUT2D eigenvalue weighted by Gasteiger charge is 2.24. The van der Waals surface area contributed by atoms with Crippen molar-refractivity contribution in [1.82, 2.24) is 9.62 Å². The van der Waals surface area contributed by atoms with E-state index < -0.39 is 10.0 Å². The topological polar surface area (TPSA) is 84.9 Å². The molecule has 3 rings (SSSR count). The maximum absolute atomic E-state index is 12.9. The van der Waals surface area contributed by atoms with Crippen molar-refractivity contribution in [1.29, 1.82) is 0 Å². The number of nitrogens with zero attached hydrogens (tertiary/aromatic N) is 1. The number of carbonyl (C=O) groups is 1. The van der Waals surface area contributed by atoms with Gasteiger partial charge in [0.15, 0.2) is 11.5 Å². The number of hydrogen-bond donors (Lipinski definition) is 1. The van der Waals surface area contributed by atoms with E-state index in [1.54, 1.807) is 41.7 Å². The first-order chi connectivity index (χ1) is 15.0. The normalized spacial score (nSPS) is 15.2. The van der Waals surface area contributed by atoms with E-state index in [9.17, 15) is 13.2 Å². The van der Waals surface area contributed by atoms with Crippen LogP contribution in [0.5, 0.6) is 11.5 Å². The zero-order valence-corrected chi connectivity index (χ0v) is 18.9.